The number of methoxy groups -OCH3 is 1. The Morgan fingerprint density at radius 2 is 1.65 bits per heavy atom. The van der Waals surface area contributed by atoms with Crippen LogP contribution in [0, 0.1) is 11.3 Å². The molecule has 1 aromatic rings. The molecule has 1 atom stereocenters. The molecule has 1 aromatic carbocycles. The normalized spacial score (nSPS) is 12.1. The minimum atomic E-state index is -4.44. The van der Waals surface area contributed by atoms with E-state index in [1.54, 1.807) is 0 Å². The molecule has 0 saturated carbocycles. The second-order valence-corrected chi connectivity index (χ2v) is 2.89. The number of benzene rings is 1. The van der Waals surface area contributed by atoms with Gasteiger partial charge in [0.1, 0.15) is 0 Å². The fourth-order valence-electron chi connectivity index (χ4n) is 1.19. The van der Waals surface area contributed by atoms with E-state index < -0.39 is 12.3 Å². The number of nitriles is 1. The molecule has 17 heavy (non-hydrogen) atoms. The Morgan fingerprint density at radius 3 is 1.94 bits per heavy atom. The van der Waals surface area contributed by atoms with E-state index in [-0.39, 0.29) is 5.56 Å². The molecule has 2 nitrogen and oxygen atoms in total. The molecule has 1 rings (SSSR count). The second-order valence-electron chi connectivity index (χ2n) is 2.89. The summed E-state index contributed by atoms with van der Waals surface area (Å²) in [6.45, 7) is 4.00. The molecule has 0 heterocycles. The Morgan fingerprint density at radius 1 is 1.18 bits per heavy atom. The van der Waals surface area contributed by atoms with Crippen LogP contribution in [0.1, 0.15) is 31.1 Å². The standard InChI is InChI=1S/C10H8F3NO.C2H6/c1-15-9(10(11,12)13)8-4-2-7(6-14)3-5-8;1-2/h2-5,9H,1H3;1-2H3. The van der Waals surface area contributed by atoms with E-state index in [9.17, 15) is 13.2 Å². The van der Waals surface area contributed by atoms with Gasteiger partial charge in [0.15, 0.2) is 6.10 Å². The summed E-state index contributed by atoms with van der Waals surface area (Å²) in [6.07, 6.45) is -6.38. The molecular weight excluding hydrogens is 231 g/mol. The third-order valence-corrected chi connectivity index (χ3v) is 1.88. The van der Waals surface area contributed by atoms with E-state index in [0.29, 0.717) is 5.56 Å². The molecular formula is C12H14F3NO. The van der Waals surface area contributed by atoms with E-state index in [2.05, 4.69) is 4.74 Å². The zero-order chi connectivity index (χ0) is 13.5. The van der Waals surface area contributed by atoms with E-state index in [1.807, 2.05) is 19.9 Å². The van der Waals surface area contributed by atoms with Gasteiger partial charge in [0, 0.05) is 7.11 Å². The van der Waals surface area contributed by atoms with Crippen molar-refractivity contribution in [3.63, 3.8) is 0 Å². The highest BCUT2D eigenvalue weighted by atomic mass is 19.4. The first-order chi connectivity index (χ1) is 7.99. The predicted molar refractivity (Wildman–Crippen MR) is 58.3 cm³/mol. The summed E-state index contributed by atoms with van der Waals surface area (Å²) in [7, 11) is 0.996. The number of nitrogens with zero attached hydrogens (tertiary/aromatic N) is 1. The minimum Gasteiger partial charge on any atom is -0.367 e. The predicted octanol–water partition coefficient (Wildman–Crippen LogP) is 3.83. The minimum absolute atomic E-state index is 0.0102. The van der Waals surface area contributed by atoms with Crippen LogP contribution in [0.25, 0.3) is 0 Å². The Hall–Kier alpha value is -1.54. The maximum Gasteiger partial charge on any atom is 0.418 e. The van der Waals surface area contributed by atoms with Gasteiger partial charge < -0.3 is 4.74 Å². The van der Waals surface area contributed by atoms with Crippen molar-refractivity contribution in [2.75, 3.05) is 7.11 Å². The molecule has 0 saturated heterocycles. The van der Waals surface area contributed by atoms with Gasteiger partial charge in [-0.05, 0) is 17.7 Å². The lowest BCUT2D eigenvalue weighted by molar-refractivity contribution is -0.215. The number of rotatable bonds is 2. The highest BCUT2D eigenvalue weighted by molar-refractivity contribution is 5.32. The molecule has 0 aliphatic carbocycles. The monoisotopic (exact) mass is 245 g/mol. The molecule has 94 valence electrons. The van der Waals surface area contributed by atoms with Crippen molar-refractivity contribution in [3.05, 3.63) is 35.4 Å². The third-order valence-electron chi connectivity index (χ3n) is 1.88. The van der Waals surface area contributed by atoms with E-state index >= 15 is 0 Å². The van der Waals surface area contributed by atoms with Crippen molar-refractivity contribution in [1.29, 1.82) is 5.26 Å². The maximum atomic E-state index is 12.4. The first kappa shape index (κ1) is 15.5. The van der Waals surface area contributed by atoms with Gasteiger partial charge >= 0.3 is 6.18 Å². The maximum absolute atomic E-state index is 12.4. The van der Waals surface area contributed by atoms with Crippen molar-refractivity contribution in [2.45, 2.75) is 26.1 Å². The topological polar surface area (TPSA) is 33.0 Å². The van der Waals surface area contributed by atoms with Crippen LogP contribution < -0.4 is 0 Å². The summed E-state index contributed by atoms with van der Waals surface area (Å²) in [6, 6.07) is 6.95. The molecule has 0 aliphatic heterocycles. The number of halogens is 3. The lowest BCUT2D eigenvalue weighted by Crippen LogP contribution is -2.22. The Labute approximate surface area is 98.6 Å². The van der Waals surface area contributed by atoms with Crippen LogP contribution in [0.15, 0.2) is 24.3 Å². The van der Waals surface area contributed by atoms with Gasteiger partial charge in [-0.3, -0.25) is 0 Å². The van der Waals surface area contributed by atoms with E-state index in [1.165, 1.54) is 24.3 Å². The third kappa shape index (κ3) is 4.45. The average molecular weight is 245 g/mol. The average Bonchev–Trinajstić information content (AvgIpc) is 2.32. The molecule has 0 bridgehead atoms. The van der Waals surface area contributed by atoms with Gasteiger partial charge in [-0.1, -0.05) is 26.0 Å². The zero-order valence-corrected chi connectivity index (χ0v) is 9.88. The van der Waals surface area contributed by atoms with Gasteiger partial charge in [0.25, 0.3) is 0 Å². The SMILES string of the molecule is CC.COC(c1ccc(C#N)cc1)C(F)(F)F. The first-order valence-electron chi connectivity index (χ1n) is 5.08. The van der Waals surface area contributed by atoms with Crippen LogP contribution in [0.4, 0.5) is 13.2 Å². The molecule has 1 unspecified atom stereocenters. The summed E-state index contributed by atoms with van der Waals surface area (Å²) >= 11 is 0. The Balaban J connectivity index is 0.00000121. The van der Waals surface area contributed by atoms with Crippen LogP contribution in [0.2, 0.25) is 0 Å². The van der Waals surface area contributed by atoms with Crippen LogP contribution in [0.5, 0.6) is 0 Å². The number of ether oxygens (including phenoxy) is 1. The largest absolute Gasteiger partial charge is 0.418 e. The molecule has 0 radical (unpaired) electrons. The van der Waals surface area contributed by atoms with Crippen LogP contribution in [-0.2, 0) is 4.74 Å². The van der Waals surface area contributed by atoms with Crippen LogP contribution in [0.3, 0.4) is 0 Å². The van der Waals surface area contributed by atoms with E-state index in [0.717, 1.165) is 7.11 Å². The lowest BCUT2D eigenvalue weighted by Gasteiger charge is -2.18. The molecule has 0 fully saturated rings. The van der Waals surface area contributed by atoms with Gasteiger partial charge in [-0.2, -0.15) is 18.4 Å². The van der Waals surface area contributed by atoms with Crippen LogP contribution >= 0.6 is 0 Å². The molecule has 0 spiro atoms. The van der Waals surface area contributed by atoms with Crippen molar-refractivity contribution >= 4 is 0 Å². The lowest BCUT2D eigenvalue weighted by atomic mass is 10.1. The van der Waals surface area contributed by atoms with E-state index in [4.69, 9.17) is 5.26 Å². The van der Waals surface area contributed by atoms with Gasteiger partial charge in [-0.25, -0.2) is 0 Å². The van der Waals surface area contributed by atoms with Gasteiger partial charge in [0.05, 0.1) is 11.6 Å². The number of alkyl halides is 3. The quantitative estimate of drug-likeness (QED) is 0.793. The summed E-state index contributed by atoms with van der Waals surface area (Å²) in [5, 5.41) is 8.48. The molecule has 0 aliphatic rings. The Bertz CT molecular complexity index is 365. The molecule has 5 heteroatoms. The van der Waals surface area contributed by atoms with Crippen molar-refractivity contribution in [1.82, 2.24) is 0 Å². The smallest absolute Gasteiger partial charge is 0.367 e. The highest BCUT2D eigenvalue weighted by Crippen LogP contribution is 2.35. The molecule has 0 N–H and O–H groups in total. The molecule has 0 aromatic heterocycles. The zero-order valence-electron chi connectivity index (χ0n) is 9.88. The van der Waals surface area contributed by atoms with Crippen molar-refractivity contribution in [3.8, 4) is 6.07 Å². The number of hydrogen-bond donors (Lipinski definition) is 0. The first-order valence-corrected chi connectivity index (χ1v) is 5.08. The van der Waals surface area contributed by atoms with Crippen molar-refractivity contribution in [2.24, 2.45) is 0 Å². The van der Waals surface area contributed by atoms with Gasteiger partial charge in [-0.15, -0.1) is 0 Å². The van der Waals surface area contributed by atoms with Gasteiger partial charge in [0.2, 0.25) is 0 Å². The fourth-order valence-corrected chi connectivity index (χ4v) is 1.19. The van der Waals surface area contributed by atoms with Crippen LogP contribution in [-0.4, -0.2) is 13.3 Å². The fraction of sp³-hybridized carbons (Fsp3) is 0.417. The Kier molecular flexibility index (Phi) is 6.29. The summed E-state index contributed by atoms with van der Waals surface area (Å²) < 4.78 is 41.6. The second kappa shape index (κ2) is 6.92. The summed E-state index contributed by atoms with van der Waals surface area (Å²) in [4.78, 5) is 0. The molecule has 0 amide bonds. The summed E-state index contributed by atoms with van der Waals surface area (Å²) in [5.41, 5.74) is 0.305. The van der Waals surface area contributed by atoms with Crippen molar-refractivity contribution < 1.29 is 17.9 Å². The highest BCUT2D eigenvalue weighted by Gasteiger charge is 2.40. The number of hydrogen-bond acceptors (Lipinski definition) is 2. The summed E-state index contributed by atoms with van der Waals surface area (Å²) in [5.74, 6) is 0.